The molecule has 0 spiro atoms. The van der Waals surface area contributed by atoms with Gasteiger partial charge in [0.2, 0.25) is 0 Å². The summed E-state index contributed by atoms with van der Waals surface area (Å²) < 4.78 is 0. The summed E-state index contributed by atoms with van der Waals surface area (Å²) in [5.74, 6) is 0.990. The predicted molar refractivity (Wildman–Crippen MR) is 89.4 cm³/mol. The van der Waals surface area contributed by atoms with Gasteiger partial charge >= 0.3 is 0 Å². The largest absolute Gasteiger partial charge is 0.312 e. The molecule has 2 unspecified atom stereocenters. The second kappa shape index (κ2) is 6.10. The zero-order chi connectivity index (χ0) is 14.9. The van der Waals surface area contributed by atoms with Crippen molar-refractivity contribution in [3.63, 3.8) is 0 Å². The first-order valence-electron chi connectivity index (χ1n) is 8.57. The number of hydrogen-bond donors (Lipinski definition) is 1. The van der Waals surface area contributed by atoms with Crippen LogP contribution in [0.2, 0.25) is 0 Å². The molecule has 1 aliphatic heterocycles. The average molecular weight is 286 g/mol. The summed E-state index contributed by atoms with van der Waals surface area (Å²) in [6.07, 6.45) is 5.49. The van der Waals surface area contributed by atoms with Gasteiger partial charge in [-0.2, -0.15) is 0 Å². The lowest BCUT2D eigenvalue weighted by atomic mass is 10.0. The summed E-state index contributed by atoms with van der Waals surface area (Å²) in [4.78, 5) is 2.73. The second-order valence-electron chi connectivity index (χ2n) is 7.96. The van der Waals surface area contributed by atoms with Crippen LogP contribution in [0.5, 0.6) is 0 Å². The molecule has 2 atom stereocenters. The van der Waals surface area contributed by atoms with Gasteiger partial charge in [0.25, 0.3) is 0 Å². The molecular formula is C19H30N2. The van der Waals surface area contributed by atoms with Crippen molar-refractivity contribution in [2.45, 2.75) is 64.6 Å². The number of likely N-dealkylation sites (tertiary alicyclic amines) is 1. The Morgan fingerprint density at radius 2 is 1.90 bits per heavy atom. The molecule has 1 N–H and O–H groups in total. The Balaban J connectivity index is 1.60. The maximum atomic E-state index is 3.60. The van der Waals surface area contributed by atoms with E-state index in [2.05, 4.69) is 55.3 Å². The van der Waals surface area contributed by atoms with E-state index in [9.17, 15) is 0 Å². The number of hydrogen-bond acceptors (Lipinski definition) is 2. The highest BCUT2D eigenvalue weighted by atomic mass is 15.2. The third kappa shape index (κ3) is 3.87. The SMILES string of the molecule is CC(C)(C)NCCc1ccccc1CN1CC2CCC1C2. The van der Waals surface area contributed by atoms with Crippen molar-refractivity contribution in [3.8, 4) is 0 Å². The van der Waals surface area contributed by atoms with E-state index in [1.54, 1.807) is 5.56 Å². The molecule has 21 heavy (non-hydrogen) atoms. The normalized spacial score (nSPS) is 25.7. The first kappa shape index (κ1) is 15.1. The Bertz CT molecular complexity index is 475. The Morgan fingerprint density at radius 1 is 1.14 bits per heavy atom. The zero-order valence-corrected chi connectivity index (χ0v) is 13.9. The van der Waals surface area contributed by atoms with Crippen LogP contribution in [-0.4, -0.2) is 29.6 Å². The lowest BCUT2D eigenvalue weighted by molar-refractivity contribution is 0.205. The standard InChI is InChI=1S/C19H30N2/c1-19(2,3)20-11-10-16-6-4-5-7-17(16)14-21-13-15-8-9-18(21)12-15/h4-7,15,18,20H,8-14H2,1-3H3. The molecule has 0 amide bonds. The molecule has 1 saturated carbocycles. The van der Waals surface area contributed by atoms with Crippen LogP contribution in [-0.2, 0) is 13.0 Å². The summed E-state index contributed by atoms with van der Waals surface area (Å²) in [6, 6.07) is 9.90. The van der Waals surface area contributed by atoms with Gasteiger partial charge in [0, 0.05) is 24.7 Å². The maximum Gasteiger partial charge on any atom is 0.0239 e. The first-order chi connectivity index (χ1) is 10.0. The molecule has 1 aliphatic carbocycles. The Labute approximate surface area is 129 Å². The van der Waals surface area contributed by atoms with Crippen molar-refractivity contribution < 1.29 is 0 Å². The van der Waals surface area contributed by atoms with E-state index in [1.165, 1.54) is 31.4 Å². The van der Waals surface area contributed by atoms with Crippen LogP contribution in [0.25, 0.3) is 0 Å². The van der Waals surface area contributed by atoms with Crippen LogP contribution < -0.4 is 5.32 Å². The van der Waals surface area contributed by atoms with Crippen LogP contribution in [0.3, 0.4) is 0 Å². The number of nitrogens with one attached hydrogen (secondary N) is 1. The molecule has 1 aromatic rings. The van der Waals surface area contributed by atoms with Crippen LogP contribution in [0.15, 0.2) is 24.3 Å². The molecule has 2 heteroatoms. The molecule has 1 aromatic carbocycles. The van der Waals surface area contributed by atoms with Gasteiger partial charge in [-0.25, -0.2) is 0 Å². The lowest BCUT2D eigenvalue weighted by Gasteiger charge is -2.28. The fourth-order valence-corrected chi connectivity index (χ4v) is 3.97. The second-order valence-corrected chi connectivity index (χ2v) is 7.96. The van der Waals surface area contributed by atoms with Gasteiger partial charge in [0.15, 0.2) is 0 Å². The lowest BCUT2D eigenvalue weighted by Crippen LogP contribution is -2.37. The summed E-state index contributed by atoms with van der Waals surface area (Å²) in [7, 11) is 0. The van der Waals surface area contributed by atoms with Crippen molar-refractivity contribution in [1.29, 1.82) is 0 Å². The summed E-state index contributed by atoms with van der Waals surface area (Å²) in [5, 5.41) is 3.60. The van der Waals surface area contributed by atoms with Crippen molar-refractivity contribution in [2.75, 3.05) is 13.1 Å². The molecule has 2 fully saturated rings. The minimum Gasteiger partial charge on any atom is -0.312 e. The molecule has 2 aliphatic rings. The minimum atomic E-state index is 0.211. The molecule has 2 nitrogen and oxygen atoms in total. The molecule has 1 saturated heterocycles. The van der Waals surface area contributed by atoms with E-state index in [4.69, 9.17) is 0 Å². The van der Waals surface area contributed by atoms with Gasteiger partial charge in [-0.15, -0.1) is 0 Å². The van der Waals surface area contributed by atoms with Gasteiger partial charge in [-0.05, 0) is 70.0 Å². The monoisotopic (exact) mass is 286 g/mol. The quantitative estimate of drug-likeness (QED) is 0.889. The highest BCUT2D eigenvalue weighted by molar-refractivity contribution is 5.27. The van der Waals surface area contributed by atoms with Gasteiger partial charge < -0.3 is 5.32 Å². The van der Waals surface area contributed by atoms with Gasteiger partial charge in [-0.1, -0.05) is 24.3 Å². The summed E-state index contributed by atoms with van der Waals surface area (Å²) >= 11 is 0. The van der Waals surface area contributed by atoms with Gasteiger partial charge in [-0.3, -0.25) is 4.90 Å². The third-order valence-corrected chi connectivity index (χ3v) is 5.06. The summed E-state index contributed by atoms with van der Waals surface area (Å²) in [6.45, 7) is 10.3. The number of fused-ring (bicyclic) bond motifs is 2. The van der Waals surface area contributed by atoms with Crippen LogP contribution in [0, 0.1) is 5.92 Å². The topological polar surface area (TPSA) is 15.3 Å². The van der Waals surface area contributed by atoms with E-state index in [0.717, 1.165) is 31.5 Å². The van der Waals surface area contributed by atoms with E-state index >= 15 is 0 Å². The minimum absolute atomic E-state index is 0.211. The number of rotatable bonds is 5. The molecule has 3 rings (SSSR count). The Kier molecular flexibility index (Phi) is 4.37. The first-order valence-corrected chi connectivity index (χ1v) is 8.57. The van der Waals surface area contributed by atoms with Crippen molar-refractivity contribution in [1.82, 2.24) is 10.2 Å². The highest BCUT2D eigenvalue weighted by Gasteiger charge is 2.37. The van der Waals surface area contributed by atoms with Crippen molar-refractivity contribution in [2.24, 2.45) is 5.92 Å². The average Bonchev–Trinajstić information content (AvgIpc) is 3.01. The number of nitrogens with zero attached hydrogens (tertiary/aromatic N) is 1. The van der Waals surface area contributed by atoms with E-state index in [-0.39, 0.29) is 5.54 Å². The molecule has 0 aromatic heterocycles. The van der Waals surface area contributed by atoms with Gasteiger partial charge in [0.1, 0.15) is 0 Å². The van der Waals surface area contributed by atoms with Gasteiger partial charge in [0.05, 0.1) is 0 Å². The Morgan fingerprint density at radius 3 is 2.52 bits per heavy atom. The highest BCUT2D eigenvalue weighted by Crippen LogP contribution is 2.38. The molecular weight excluding hydrogens is 256 g/mol. The fourth-order valence-electron chi connectivity index (χ4n) is 3.97. The maximum absolute atomic E-state index is 3.60. The molecule has 1 heterocycles. The van der Waals surface area contributed by atoms with Crippen LogP contribution in [0.1, 0.15) is 51.2 Å². The molecule has 0 radical (unpaired) electrons. The van der Waals surface area contributed by atoms with Crippen LogP contribution >= 0.6 is 0 Å². The van der Waals surface area contributed by atoms with E-state index in [0.29, 0.717) is 0 Å². The fraction of sp³-hybridized carbons (Fsp3) is 0.684. The zero-order valence-electron chi connectivity index (χ0n) is 13.9. The van der Waals surface area contributed by atoms with Crippen molar-refractivity contribution in [3.05, 3.63) is 35.4 Å². The predicted octanol–water partition coefficient (Wildman–Crippen LogP) is 3.60. The smallest absolute Gasteiger partial charge is 0.0239 e. The summed E-state index contributed by atoms with van der Waals surface area (Å²) in [5.41, 5.74) is 3.28. The van der Waals surface area contributed by atoms with Crippen LogP contribution in [0.4, 0.5) is 0 Å². The van der Waals surface area contributed by atoms with Crippen molar-refractivity contribution >= 4 is 0 Å². The Hall–Kier alpha value is -0.860. The molecule has 116 valence electrons. The molecule has 2 bridgehead atoms. The van der Waals surface area contributed by atoms with E-state index < -0.39 is 0 Å². The number of benzene rings is 1. The third-order valence-electron chi connectivity index (χ3n) is 5.06. The van der Waals surface area contributed by atoms with E-state index in [1.807, 2.05) is 0 Å². The number of piperidine rings is 1.